The molecule has 0 saturated carbocycles. The average Bonchev–Trinajstić information content (AvgIpc) is 2.71. The number of benzene rings is 3. The van der Waals surface area contributed by atoms with Gasteiger partial charge in [-0.2, -0.15) is 0 Å². The summed E-state index contributed by atoms with van der Waals surface area (Å²) in [7, 11) is 0. The second-order valence-electron chi connectivity index (χ2n) is 6.87. The molecule has 27 heavy (non-hydrogen) atoms. The predicted octanol–water partition coefficient (Wildman–Crippen LogP) is 6.03. The SMILES string of the molecule is CC(CCc1ccccc1)NCc1cccc(OCc2ccc(Cl)cc2)c1. The third-order valence-corrected chi connectivity index (χ3v) is 4.83. The summed E-state index contributed by atoms with van der Waals surface area (Å²) >= 11 is 5.92. The summed E-state index contributed by atoms with van der Waals surface area (Å²) in [5.41, 5.74) is 3.73. The van der Waals surface area contributed by atoms with E-state index in [-0.39, 0.29) is 0 Å². The molecule has 0 aliphatic heterocycles. The van der Waals surface area contributed by atoms with E-state index in [1.165, 1.54) is 11.1 Å². The van der Waals surface area contributed by atoms with Crippen LogP contribution < -0.4 is 10.1 Å². The van der Waals surface area contributed by atoms with E-state index < -0.39 is 0 Å². The highest BCUT2D eigenvalue weighted by Gasteiger charge is 2.04. The lowest BCUT2D eigenvalue weighted by atomic mass is 10.1. The maximum atomic E-state index is 5.92. The van der Waals surface area contributed by atoms with Crippen LogP contribution in [0, 0.1) is 0 Å². The minimum Gasteiger partial charge on any atom is -0.489 e. The van der Waals surface area contributed by atoms with Crippen LogP contribution in [0.5, 0.6) is 5.75 Å². The van der Waals surface area contributed by atoms with E-state index in [4.69, 9.17) is 16.3 Å². The molecule has 0 heterocycles. The maximum absolute atomic E-state index is 5.92. The Labute approximate surface area is 167 Å². The van der Waals surface area contributed by atoms with Crippen LogP contribution in [-0.4, -0.2) is 6.04 Å². The normalized spacial score (nSPS) is 11.9. The van der Waals surface area contributed by atoms with Gasteiger partial charge in [-0.15, -0.1) is 0 Å². The summed E-state index contributed by atoms with van der Waals surface area (Å²) in [4.78, 5) is 0. The largest absolute Gasteiger partial charge is 0.489 e. The van der Waals surface area contributed by atoms with Crippen LogP contribution >= 0.6 is 11.6 Å². The molecule has 0 fully saturated rings. The van der Waals surface area contributed by atoms with Crippen LogP contribution in [0.4, 0.5) is 0 Å². The molecule has 3 rings (SSSR count). The molecule has 2 nitrogen and oxygen atoms in total. The second kappa shape index (κ2) is 10.1. The lowest BCUT2D eigenvalue weighted by molar-refractivity contribution is 0.306. The van der Waals surface area contributed by atoms with Gasteiger partial charge in [0, 0.05) is 17.6 Å². The Hall–Kier alpha value is -2.29. The summed E-state index contributed by atoms with van der Waals surface area (Å²) in [6.07, 6.45) is 2.22. The number of aryl methyl sites for hydroxylation is 1. The van der Waals surface area contributed by atoms with E-state index in [1.54, 1.807) is 0 Å². The third-order valence-electron chi connectivity index (χ3n) is 4.58. The second-order valence-corrected chi connectivity index (χ2v) is 7.31. The molecule has 0 spiro atoms. The van der Waals surface area contributed by atoms with Gasteiger partial charge in [-0.1, -0.05) is 66.2 Å². The first kappa shape index (κ1) is 19.5. The molecule has 0 radical (unpaired) electrons. The Morgan fingerprint density at radius 2 is 1.59 bits per heavy atom. The van der Waals surface area contributed by atoms with Crippen molar-refractivity contribution in [2.45, 2.75) is 39.0 Å². The van der Waals surface area contributed by atoms with Gasteiger partial charge in [0.2, 0.25) is 0 Å². The van der Waals surface area contributed by atoms with E-state index in [2.05, 4.69) is 54.7 Å². The molecule has 3 aromatic carbocycles. The van der Waals surface area contributed by atoms with Gasteiger partial charge in [0.15, 0.2) is 0 Å². The molecular weight excluding hydrogens is 354 g/mol. The zero-order chi connectivity index (χ0) is 18.9. The smallest absolute Gasteiger partial charge is 0.120 e. The molecule has 3 heteroatoms. The molecule has 0 aliphatic carbocycles. The van der Waals surface area contributed by atoms with E-state index >= 15 is 0 Å². The van der Waals surface area contributed by atoms with Crippen molar-refractivity contribution in [1.29, 1.82) is 0 Å². The topological polar surface area (TPSA) is 21.3 Å². The van der Waals surface area contributed by atoms with Crippen LogP contribution in [0.25, 0.3) is 0 Å². The monoisotopic (exact) mass is 379 g/mol. The summed E-state index contributed by atoms with van der Waals surface area (Å²) in [6.45, 7) is 3.62. The van der Waals surface area contributed by atoms with Crippen molar-refractivity contribution in [2.24, 2.45) is 0 Å². The van der Waals surface area contributed by atoms with Gasteiger partial charge in [-0.05, 0) is 60.7 Å². The molecule has 1 N–H and O–H groups in total. The van der Waals surface area contributed by atoms with Crippen molar-refractivity contribution >= 4 is 11.6 Å². The van der Waals surface area contributed by atoms with E-state index in [0.29, 0.717) is 12.6 Å². The van der Waals surface area contributed by atoms with Crippen LogP contribution in [0.15, 0.2) is 78.9 Å². The number of hydrogen-bond acceptors (Lipinski definition) is 2. The van der Waals surface area contributed by atoms with Crippen LogP contribution in [0.2, 0.25) is 5.02 Å². The predicted molar refractivity (Wildman–Crippen MR) is 113 cm³/mol. The molecule has 1 atom stereocenters. The average molecular weight is 380 g/mol. The van der Waals surface area contributed by atoms with Gasteiger partial charge < -0.3 is 10.1 Å². The summed E-state index contributed by atoms with van der Waals surface area (Å²) in [6, 6.07) is 27.1. The summed E-state index contributed by atoms with van der Waals surface area (Å²) in [5.74, 6) is 0.890. The molecule has 0 aromatic heterocycles. The van der Waals surface area contributed by atoms with E-state index in [1.807, 2.05) is 36.4 Å². The Morgan fingerprint density at radius 1 is 0.852 bits per heavy atom. The number of rotatable bonds is 9. The number of hydrogen-bond donors (Lipinski definition) is 1. The fourth-order valence-electron chi connectivity index (χ4n) is 2.91. The lowest BCUT2D eigenvalue weighted by Gasteiger charge is -2.14. The molecule has 0 amide bonds. The van der Waals surface area contributed by atoms with Gasteiger partial charge in [0.05, 0.1) is 0 Å². The molecule has 140 valence electrons. The third kappa shape index (κ3) is 6.74. The number of ether oxygens (including phenoxy) is 1. The first-order chi connectivity index (χ1) is 13.2. The zero-order valence-electron chi connectivity index (χ0n) is 15.7. The Kier molecular flexibility index (Phi) is 7.32. The van der Waals surface area contributed by atoms with Crippen molar-refractivity contribution in [2.75, 3.05) is 0 Å². The highest BCUT2D eigenvalue weighted by Crippen LogP contribution is 2.17. The molecule has 0 saturated heterocycles. The fraction of sp³-hybridized carbons (Fsp3) is 0.250. The van der Waals surface area contributed by atoms with Gasteiger partial charge in [-0.25, -0.2) is 0 Å². The molecular formula is C24H26ClNO. The van der Waals surface area contributed by atoms with Gasteiger partial charge in [0.1, 0.15) is 12.4 Å². The van der Waals surface area contributed by atoms with E-state index in [9.17, 15) is 0 Å². The molecule has 0 aliphatic rings. The Bertz CT molecular complexity index is 817. The molecule has 1 unspecified atom stereocenters. The first-order valence-corrected chi connectivity index (χ1v) is 9.80. The van der Waals surface area contributed by atoms with Crippen LogP contribution in [0.3, 0.4) is 0 Å². The zero-order valence-corrected chi connectivity index (χ0v) is 16.5. The van der Waals surface area contributed by atoms with E-state index in [0.717, 1.165) is 35.7 Å². The minimum absolute atomic E-state index is 0.462. The Balaban J connectivity index is 1.44. The maximum Gasteiger partial charge on any atom is 0.120 e. The summed E-state index contributed by atoms with van der Waals surface area (Å²) < 4.78 is 5.91. The van der Waals surface area contributed by atoms with Crippen molar-refractivity contribution in [3.8, 4) is 5.75 Å². The van der Waals surface area contributed by atoms with Crippen molar-refractivity contribution in [3.05, 3.63) is 101 Å². The first-order valence-electron chi connectivity index (χ1n) is 9.42. The van der Waals surface area contributed by atoms with Crippen molar-refractivity contribution in [1.82, 2.24) is 5.32 Å². The van der Waals surface area contributed by atoms with Gasteiger partial charge >= 0.3 is 0 Å². The van der Waals surface area contributed by atoms with Crippen molar-refractivity contribution in [3.63, 3.8) is 0 Å². The minimum atomic E-state index is 0.462. The molecule has 3 aromatic rings. The number of halogens is 1. The summed E-state index contributed by atoms with van der Waals surface area (Å²) in [5, 5.41) is 4.35. The number of nitrogens with one attached hydrogen (secondary N) is 1. The Morgan fingerprint density at radius 3 is 2.37 bits per heavy atom. The van der Waals surface area contributed by atoms with Crippen LogP contribution in [0.1, 0.15) is 30.0 Å². The lowest BCUT2D eigenvalue weighted by Crippen LogP contribution is -2.25. The standard InChI is InChI=1S/C24H26ClNO/c1-19(10-11-20-6-3-2-4-7-20)26-17-22-8-5-9-24(16-22)27-18-21-12-14-23(25)15-13-21/h2-9,12-16,19,26H,10-11,17-18H2,1H3. The quantitative estimate of drug-likeness (QED) is 0.490. The highest BCUT2D eigenvalue weighted by atomic mass is 35.5. The van der Waals surface area contributed by atoms with Crippen molar-refractivity contribution < 1.29 is 4.74 Å². The van der Waals surface area contributed by atoms with Gasteiger partial charge in [0.25, 0.3) is 0 Å². The molecule has 0 bridgehead atoms. The van der Waals surface area contributed by atoms with Crippen LogP contribution in [-0.2, 0) is 19.6 Å². The van der Waals surface area contributed by atoms with Gasteiger partial charge in [-0.3, -0.25) is 0 Å². The fourth-order valence-corrected chi connectivity index (χ4v) is 3.04. The highest BCUT2D eigenvalue weighted by molar-refractivity contribution is 6.30.